The third kappa shape index (κ3) is 14.0. The number of nitrogens with one attached hydrogen (secondary N) is 2. The van der Waals surface area contributed by atoms with Gasteiger partial charge in [0, 0.05) is 27.1 Å². The van der Waals surface area contributed by atoms with E-state index >= 15 is 0 Å². The number of carbonyl (C=O) groups excluding carboxylic acids is 2. The fraction of sp³-hybridized carbons (Fsp3) is 0.407. The normalized spacial score (nSPS) is 12.6. The summed E-state index contributed by atoms with van der Waals surface area (Å²) >= 11 is 0. The van der Waals surface area contributed by atoms with Crippen LogP contribution in [0.25, 0.3) is 12.2 Å². The van der Waals surface area contributed by atoms with E-state index in [1.807, 2.05) is 50.3 Å². The molecule has 0 fully saturated rings. The van der Waals surface area contributed by atoms with Gasteiger partial charge in [-0.2, -0.15) is 0 Å². The Morgan fingerprint density at radius 3 is 1.67 bits per heavy atom. The van der Waals surface area contributed by atoms with E-state index in [0.717, 1.165) is 11.1 Å². The van der Waals surface area contributed by atoms with Gasteiger partial charge in [0.1, 0.15) is 0 Å². The second kappa shape index (κ2) is 18.8. The van der Waals surface area contributed by atoms with Gasteiger partial charge in [0.15, 0.2) is 0 Å². The van der Waals surface area contributed by atoms with E-state index in [9.17, 15) is 19.0 Å². The molecule has 0 saturated heterocycles. The van der Waals surface area contributed by atoms with Gasteiger partial charge in [-0.15, -0.1) is 0 Å². The number of amides is 2. The Balaban J connectivity index is 0. The van der Waals surface area contributed by atoms with Gasteiger partial charge >= 0.3 is 16.2 Å². The summed E-state index contributed by atoms with van der Waals surface area (Å²) < 4.78 is 21.4. The molecule has 1 atom stereocenters. The first kappa shape index (κ1) is 34.6. The molecule has 10 nitrogen and oxygen atoms in total. The number of rotatable bonds is 15. The van der Waals surface area contributed by atoms with Crippen molar-refractivity contribution < 1.29 is 40.7 Å². The first-order valence-electron chi connectivity index (χ1n) is 12.8. The molecule has 39 heavy (non-hydrogen) atoms. The molecule has 0 aliphatic heterocycles. The van der Waals surface area contributed by atoms with Crippen LogP contribution in [0.4, 0.5) is 0 Å². The standard InChI is InChI=1S/C25H34N2O8P2.C2H6.2H2/c1-19(2)37(32,33)35-18-4-16-27-25(29)23-13-9-21(10-14-23)6-5-20-7-11-22(12-8-20)24(28)26-15-3-17-34-36(30)31;1-2;;/h5-14,19,30-31H,3-4,15-18H2,1-2H3,(H,26,28)(H,27,29)(H,32,33);1-2H3;2*1H/b6-5+;;;. The zero-order valence-electron chi connectivity index (χ0n) is 22.9. The quantitative estimate of drug-likeness (QED) is 0.105. The first-order chi connectivity index (χ1) is 18.6. The molecule has 0 aliphatic carbocycles. The third-order valence-electron chi connectivity index (χ3n) is 5.16. The number of hydrogen-bond acceptors (Lipinski definition) is 7. The predicted molar refractivity (Wildman–Crippen MR) is 160 cm³/mol. The van der Waals surface area contributed by atoms with Gasteiger partial charge in [-0.05, 0) is 48.2 Å². The lowest BCUT2D eigenvalue weighted by Crippen LogP contribution is -2.25. The largest absolute Gasteiger partial charge is 0.352 e. The summed E-state index contributed by atoms with van der Waals surface area (Å²) in [5, 5.41) is 5.50. The maximum absolute atomic E-state index is 12.3. The summed E-state index contributed by atoms with van der Waals surface area (Å²) in [6.45, 7) is 8.17. The van der Waals surface area contributed by atoms with E-state index in [1.165, 1.54) is 0 Å². The van der Waals surface area contributed by atoms with Crippen LogP contribution in [0.2, 0.25) is 0 Å². The van der Waals surface area contributed by atoms with Crippen molar-refractivity contribution in [2.24, 2.45) is 0 Å². The molecule has 2 amide bonds. The molecule has 0 heterocycles. The zero-order valence-corrected chi connectivity index (χ0v) is 24.7. The Bertz CT molecular complexity index is 1090. The van der Waals surface area contributed by atoms with Crippen LogP contribution in [-0.4, -0.2) is 58.5 Å². The predicted octanol–water partition coefficient (Wildman–Crippen LogP) is 5.45. The van der Waals surface area contributed by atoms with E-state index in [-0.39, 0.29) is 27.9 Å². The average molecular weight is 587 g/mol. The van der Waals surface area contributed by atoms with Gasteiger partial charge in [0.2, 0.25) is 0 Å². The van der Waals surface area contributed by atoms with Crippen molar-refractivity contribution in [1.82, 2.24) is 10.6 Å². The maximum Gasteiger partial charge on any atom is 0.330 e. The van der Waals surface area contributed by atoms with Crippen molar-refractivity contribution in [3.8, 4) is 0 Å². The van der Waals surface area contributed by atoms with E-state index in [2.05, 4.69) is 15.2 Å². The summed E-state index contributed by atoms with van der Waals surface area (Å²) in [7, 11) is -5.96. The van der Waals surface area contributed by atoms with Crippen LogP contribution >= 0.6 is 16.2 Å². The molecule has 2 aromatic carbocycles. The molecule has 0 spiro atoms. The number of carbonyl (C=O) groups is 2. The van der Waals surface area contributed by atoms with Gasteiger partial charge in [-0.3, -0.25) is 14.2 Å². The third-order valence-corrected chi connectivity index (χ3v) is 7.43. The van der Waals surface area contributed by atoms with E-state index in [4.69, 9.17) is 14.3 Å². The second-order valence-corrected chi connectivity index (χ2v) is 11.6. The minimum atomic E-state index is -3.59. The molecule has 0 aromatic heterocycles. The fourth-order valence-corrected chi connectivity index (χ4v) is 3.91. The minimum Gasteiger partial charge on any atom is -0.352 e. The van der Waals surface area contributed by atoms with Crippen molar-refractivity contribution in [3.05, 3.63) is 70.8 Å². The van der Waals surface area contributed by atoms with Crippen LogP contribution in [0.5, 0.6) is 0 Å². The monoisotopic (exact) mass is 586 g/mol. The van der Waals surface area contributed by atoms with Crippen molar-refractivity contribution in [1.29, 1.82) is 0 Å². The first-order valence-corrected chi connectivity index (χ1v) is 15.6. The van der Waals surface area contributed by atoms with Crippen LogP contribution in [0.1, 0.15) is 75.2 Å². The SMILES string of the molecule is CC.CC(C)P(=O)(O)OCCCNC(=O)c1ccc(/C=C/c2ccc(C(=O)NCCCOP(O)O)cc2)cc1.[HH].[HH]. The summed E-state index contributed by atoms with van der Waals surface area (Å²) in [5.74, 6) is -0.462. The highest BCUT2D eigenvalue weighted by Crippen LogP contribution is 2.46. The minimum absolute atomic E-state index is 0. The molecule has 1 unspecified atom stereocenters. The highest BCUT2D eigenvalue weighted by molar-refractivity contribution is 7.53. The van der Waals surface area contributed by atoms with E-state index in [1.54, 1.807) is 38.1 Å². The molecule has 0 aliphatic rings. The summed E-state index contributed by atoms with van der Waals surface area (Å²) in [5.41, 5.74) is 2.35. The Kier molecular flexibility index (Phi) is 16.7. The Morgan fingerprint density at radius 2 is 1.28 bits per heavy atom. The topological polar surface area (TPSA) is 154 Å². The molecular formula is C27H44N2O8P2. The average Bonchev–Trinajstić information content (AvgIpc) is 2.92. The van der Waals surface area contributed by atoms with Gasteiger partial charge in [-0.1, -0.05) is 64.1 Å². The summed E-state index contributed by atoms with van der Waals surface area (Å²) in [4.78, 5) is 51.4. The molecule has 220 valence electrons. The van der Waals surface area contributed by atoms with Crippen molar-refractivity contribution in [2.45, 2.75) is 46.2 Å². The zero-order chi connectivity index (χ0) is 29.3. The lowest BCUT2D eigenvalue weighted by Gasteiger charge is -2.15. The maximum atomic E-state index is 12.3. The molecule has 0 radical (unpaired) electrons. The molecule has 12 heteroatoms. The summed E-state index contributed by atoms with van der Waals surface area (Å²) in [6.07, 6.45) is 4.69. The Labute approximate surface area is 235 Å². The molecule has 0 saturated carbocycles. The van der Waals surface area contributed by atoms with Crippen molar-refractivity contribution in [3.63, 3.8) is 0 Å². The Morgan fingerprint density at radius 1 is 0.872 bits per heavy atom. The van der Waals surface area contributed by atoms with Gasteiger partial charge in [-0.25, -0.2) is 0 Å². The van der Waals surface area contributed by atoms with Crippen LogP contribution in [-0.2, 0) is 13.6 Å². The van der Waals surface area contributed by atoms with Crippen LogP contribution in [0.15, 0.2) is 48.5 Å². The van der Waals surface area contributed by atoms with Crippen molar-refractivity contribution in [2.75, 3.05) is 26.3 Å². The van der Waals surface area contributed by atoms with Crippen LogP contribution < -0.4 is 10.6 Å². The van der Waals surface area contributed by atoms with E-state index in [0.29, 0.717) is 37.1 Å². The Hall–Kier alpha value is -2.42. The number of benzene rings is 2. The van der Waals surface area contributed by atoms with Crippen LogP contribution in [0.3, 0.4) is 0 Å². The molecule has 2 aromatic rings. The highest BCUT2D eigenvalue weighted by Gasteiger charge is 2.23. The lowest BCUT2D eigenvalue weighted by atomic mass is 10.1. The van der Waals surface area contributed by atoms with Crippen LogP contribution in [0, 0.1) is 0 Å². The van der Waals surface area contributed by atoms with Gasteiger partial charge in [0.25, 0.3) is 11.8 Å². The molecule has 0 bridgehead atoms. The van der Waals surface area contributed by atoms with Gasteiger partial charge in [0.05, 0.1) is 18.9 Å². The lowest BCUT2D eigenvalue weighted by molar-refractivity contribution is 0.0942. The second-order valence-electron chi connectivity index (χ2n) is 8.37. The number of hydrogen-bond donors (Lipinski definition) is 5. The molecule has 2 rings (SSSR count). The van der Waals surface area contributed by atoms with Crippen molar-refractivity contribution >= 4 is 40.2 Å². The van der Waals surface area contributed by atoms with E-state index < -0.39 is 21.9 Å². The smallest absolute Gasteiger partial charge is 0.330 e. The highest BCUT2D eigenvalue weighted by atomic mass is 31.2. The fourth-order valence-electron chi connectivity index (χ4n) is 2.93. The summed E-state index contributed by atoms with van der Waals surface area (Å²) in [6, 6.07) is 14.1. The van der Waals surface area contributed by atoms with Gasteiger partial charge < -0.3 is 34.4 Å². The molecule has 5 N–H and O–H groups in total. The molecular weight excluding hydrogens is 542 g/mol.